The lowest BCUT2D eigenvalue weighted by molar-refractivity contribution is 0.112. The van der Waals surface area contributed by atoms with Crippen molar-refractivity contribution in [3.63, 3.8) is 0 Å². The van der Waals surface area contributed by atoms with Crippen molar-refractivity contribution in [1.82, 2.24) is 5.32 Å². The quantitative estimate of drug-likeness (QED) is 0.917. The fourth-order valence-corrected chi connectivity index (χ4v) is 2.85. The first kappa shape index (κ1) is 14.8. The van der Waals surface area contributed by atoms with Crippen LogP contribution in [0.5, 0.6) is 5.75 Å². The van der Waals surface area contributed by atoms with Crippen molar-refractivity contribution in [1.29, 1.82) is 5.26 Å². The van der Waals surface area contributed by atoms with Gasteiger partial charge in [-0.2, -0.15) is 5.26 Å². The van der Waals surface area contributed by atoms with Crippen molar-refractivity contribution in [2.24, 2.45) is 0 Å². The fraction of sp³-hybridized carbons (Fsp3) is 0.562. The average Bonchev–Trinajstić information content (AvgIpc) is 2.44. The molecule has 0 spiro atoms. The van der Waals surface area contributed by atoms with E-state index in [1.807, 2.05) is 13.8 Å². The minimum atomic E-state index is -0.501. The van der Waals surface area contributed by atoms with Crippen LogP contribution in [-0.4, -0.2) is 18.2 Å². The Balaban J connectivity index is 2.10. The van der Waals surface area contributed by atoms with Crippen molar-refractivity contribution in [3.8, 4) is 11.8 Å². The molecule has 2 unspecified atom stereocenters. The number of nitriles is 1. The van der Waals surface area contributed by atoms with Gasteiger partial charge >= 0.3 is 0 Å². The Bertz CT molecular complexity index is 508. The van der Waals surface area contributed by atoms with Gasteiger partial charge < -0.3 is 4.74 Å². The molecule has 1 fully saturated rings. The van der Waals surface area contributed by atoms with Gasteiger partial charge in [0, 0.05) is 12.5 Å². The Hall–Kier alpha value is -1.60. The van der Waals surface area contributed by atoms with Crippen LogP contribution in [-0.2, 0) is 0 Å². The number of benzene rings is 1. The molecule has 1 N–H and O–H groups in total. The summed E-state index contributed by atoms with van der Waals surface area (Å²) in [6, 6.07) is 6.97. The van der Waals surface area contributed by atoms with Gasteiger partial charge in [-0.05, 0) is 44.4 Å². The summed E-state index contributed by atoms with van der Waals surface area (Å²) in [5, 5.41) is 12.7. The molecule has 0 amide bonds. The van der Waals surface area contributed by atoms with Crippen molar-refractivity contribution in [3.05, 3.63) is 29.6 Å². The Morgan fingerprint density at radius 2 is 2.35 bits per heavy atom. The van der Waals surface area contributed by atoms with Crippen molar-refractivity contribution in [2.75, 3.05) is 6.54 Å². The fourth-order valence-electron chi connectivity index (χ4n) is 2.85. The van der Waals surface area contributed by atoms with E-state index >= 15 is 0 Å². The van der Waals surface area contributed by atoms with Gasteiger partial charge in [0.15, 0.2) is 0 Å². The highest BCUT2D eigenvalue weighted by Crippen LogP contribution is 2.32. The predicted octanol–water partition coefficient (Wildman–Crippen LogP) is 3.33. The van der Waals surface area contributed by atoms with E-state index in [1.54, 1.807) is 6.07 Å². The maximum atomic E-state index is 13.3. The second kappa shape index (κ2) is 6.23. The zero-order chi connectivity index (χ0) is 14.6. The third-order valence-corrected chi connectivity index (χ3v) is 3.88. The van der Waals surface area contributed by atoms with Gasteiger partial charge in [0.25, 0.3) is 0 Å². The summed E-state index contributed by atoms with van der Waals surface area (Å²) in [6.07, 6.45) is 3.31. The SMILES string of the molecule is CCNC1(C#N)CCCC(Oc2cc(F)ccc2C)C1. The molecule has 1 aliphatic rings. The summed E-state index contributed by atoms with van der Waals surface area (Å²) in [5.74, 6) is 0.292. The molecule has 1 saturated carbocycles. The zero-order valence-electron chi connectivity index (χ0n) is 12.1. The van der Waals surface area contributed by atoms with Gasteiger partial charge in [-0.15, -0.1) is 0 Å². The third-order valence-electron chi connectivity index (χ3n) is 3.88. The standard InChI is InChI=1S/C16H21FN2O/c1-3-19-16(11-18)8-4-5-14(10-16)20-15-9-13(17)7-6-12(15)2/h6-7,9,14,19H,3-5,8,10H2,1-2H3. The van der Waals surface area contributed by atoms with Crippen LogP contribution in [0.25, 0.3) is 0 Å². The lowest BCUT2D eigenvalue weighted by Crippen LogP contribution is -2.49. The van der Waals surface area contributed by atoms with Crippen molar-refractivity contribution in [2.45, 2.75) is 51.2 Å². The minimum absolute atomic E-state index is 0.0389. The Labute approximate surface area is 119 Å². The first-order chi connectivity index (χ1) is 9.58. The molecule has 0 saturated heterocycles. The van der Waals surface area contributed by atoms with Crippen LogP contribution >= 0.6 is 0 Å². The van der Waals surface area contributed by atoms with Crippen LogP contribution in [0.1, 0.15) is 38.2 Å². The summed E-state index contributed by atoms with van der Waals surface area (Å²) in [6.45, 7) is 4.67. The van der Waals surface area contributed by atoms with E-state index in [4.69, 9.17) is 4.74 Å². The molecule has 4 heteroatoms. The summed E-state index contributed by atoms with van der Waals surface area (Å²) in [5.41, 5.74) is 0.418. The summed E-state index contributed by atoms with van der Waals surface area (Å²) in [7, 11) is 0. The number of nitrogens with zero attached hydrogens (tertiary/aromatic N) is 1. The number of ether oxygens (including phenoxy) is 1. The van der Waals surface area contributed by atoms with E-state index in [9.17, 15) is 9.65 Å². The molecular formula is C16H21FN2O. The number of hydrogen-bond donors (Lipinski definition) is 1. The van der Waals surface area contributed by atoms with E-state index in [1.165, 1.54) is 12.1 Å². The molecule has 1 aromatic rings. The van der Waals surface area contributed by atoms with Gasteiger partial charge in [0.2, 0.25) is 0 Å². The molecule has 0 heterocycles. The molecule has 2 rings (SSSR count). The lowest BCUT2D eigenvalue weighted by Gasteiger charge is -2.36. The number of nitrogens with one attached hydrogen (secondary N) is 1. The van der Waals surface area contributed by atoms with E-state index < -0.39 is 5.54 Å². The summed E-state index contributed by atoms with van der Waals surface area (Å²) >= 11 is 0. The molecule has 0 aliphatic heterocycles. The number of aryl methyl sites for hydroxylation is 1. The van der Waals surface area contributed by atoms with Gasteiger partial charge in [-0.1, -0.05) is 13.0 Å². The van der Waals surface area contributed by atoms with Gasteiger partial charge in [0.1, 0.15) is 23.2 Å². The highest BCUT2D eigenvalue weighted by Gasteiger charge is 2.36. The molecule has 0 aromatic heterocycles. The predicted molar refractivity (Wildman–Crippen MR) is 76.0 cm³/mol. The molecule has 0 bridgehead atoms. The van der Waals surface area contributed by atoms with Crippen molar-refractivity contribution < 1.29 is 9.13 Å². The van der Waals surface area contributed by atoms with E-state index in [2.05, 4.69) is 11.4 Å². The Kier molecular flexibility index (Phi) is 4.61. The molecule has 0 radical (unpaired) electrons. The summed E-state index contributed by atoms with van der Waals surface area (Å²) < 4.78 is 19.2. The average molecular weight is 276 g/mol. The first-order valence-electron chi connectivity index (χ1n) is 7.17. The Morgan fingerprint density at radius 3 is 3.05 bits per heavy atom. The first-order valence-corrected chi connectivity index (χ1v) is 7.17. The molecule has 2 atom stereocenters. The summed E-state index contributed by atoms with van der Waals surface area (Å²) in [4.78, 5) is 0. The van der Waals surface area contributed by atoms with Crippen LogP contribution in [0, 0.1) is 24.1 Å². The normalized spacial score (nSPS) is 26.0. The number of halogens is 1. The molecular weight excluding hydrogens is 255 g/mol. The van der Waals surface area contributed by atoms with Crippen LogP contribution in [0.4, 0.5) is 4.39 Å². The second-order valence-corrected chi connectivity index (χ2v) is 5.47. The second-order valence-electron chi connectivity index (χ2n) is 5.47. The molecule has 20 heavy (non-hydrogen) atoms. The van der Waals surface area contributed by atoms with Gasteiger partial charge in [-0.3, -0.25) is 5.32 Å². The molecule has 108 valence electrons. The van der Waals surface area contributed by atoms with Crippen LogP contribution in [0.2, 0.25) is 0 Å². The third kappa shape index (κ3) is 3.29. The van der Waals surface area contributed by atoms with Crippen LogP contribution in [0.15, 0.2) is 18.2 Å². The van der Waals surface area contributed by atoms with Crippen LogP contribution in [0.3, 0.4) is 0 Å². The number of rotatable bonds is 4. The zero-order valence-corrected chi connectivity index (χ0v) is 12.1. The van der Waals surface area contributed by atoms with E-state index in [-0.39, 0.29) is 11.9 Å². The van der Waals surface area contributed by atoms with E-state index in [0.29, 0.717) is 12.2 Å². The van der Waals surface area contributed by atoms with Gasteiger partial charge in [-0.25, -0.2) is 4.39 Å². The molecule has 3 nitrogen and oxygen atoms in total. The topological polar surface area (TPSA) is 45.0 Å². The highest BCUT2D eigenvalue weighted by molar-refractivity contribution is 5.33. The van der Waals surface area contributed by atoms with Gasteiger partial charge in [0.05, 0.1) is 6.07 Å². The molecule has 1 aliphatic carbocycles. The molecule has 1 aromatic carbocycles. The Morgan fingerprint density at radius 1 is 1.55 bits per heavy atom. The van der Waals surface area contributed by atoms with Crippen LogP contribution < -0.4 is 10.1 Å². The highest BCUT2D eigenvalue weighted by atomic mass is 19.1. The minimum Gasteiger partial charge on any atom is -0.490 e. The largest absolute Gasteiger partial charge is 0.490 e. The van der Waals surface area contributed by atoms with Crippen molar-refractivity contribution >= 4 is 0 Å². The maximum absolute atomic E-state index is 13.3. The number of hydrogen-bond acceptors (Lipinski definition) is 3. The lowest BCUT2D eigenvalue weighted by atomic mass is 9.81. The van der Waals surface area contributed by atoms with E-state index in [0.717, 1.165) is 31.4 Å². The maximum Gasteiger partial charge on any atom is 0.126 e. The smallest absolute Gasteiger partial charge is 0.126 e. The monoisotopic (exact) mass is 276 g/mol.